The molecule has 8 heterocycles. The zero-order valence-corrected chi connectivity index (χ0v) is 65.2. The Morgan fingerprint density at radius 2 is 0.892 bits per heavy atom. The van der Waals surface area contributed by atoms with Crippen molar-refractivity contribution in [3.63, 3.8) is 0 Å². The number of rotatable bonds is 30. The second-order valence-electron chi connectivity index (χ2n) is 31.2. The van der Waals surface area contributed by atoms with E-state index in [1.807, 2.05) is 237 Å². The minimum Gasteiger partial charge on any atom is -0.457 e. The van der Waals surface area contributed by atoms with Gasteiger partial charge in [-0.2, -0.15) is 0 Å². The summed E-state index contributed by atoms with van der Waals surface area (Å²) in [4.78, 5) is 13.4. The van der Waals surface area contributed by atoms with Crippen LogP contribution in [0.1, 0.15) is 116 Å². The quantitative estimate of drug-likeness (QED) is 0.0250. The number of nitrogens with one attached hydrogen (secondary N) is 1. The lowest BCUT2D eigenvalue weighted by molar-refractivity contribution is -0.395. The predicted molar refractivity (Wildman–Crippen MR) is 401 cm³/mol. The van der Waals surface area contributed by atoms with Crippen LogP contribution in [0.25, 0.3) is 0 Å². The predicted octanol–water partition coefficient (Wildman–Crippen LogP) is 12.6. The first-order chi connectivity index (χ1) is 53.7. The molecule has 6 aromatic rings. The normalized spacial score (nSPS) is 37.2. The molecule has 6 aromatic carbocycles. The minimum atomic E-state index is -1.34. The molecule has 8 aliphatic rings. The van der Waals surface area contributed by atoms with Gasteiger partial charge in [0.15, 0.2) is 61.6 Å². The largest absolute Gasteiger partial charge is 0.457 e. The molecular formula is C87H109NO23. The van der Waals surface area contributed by atoms with Crippen molar-refractivity contribution in [1.82, 2.24) is 0 Å². The second kappa shape index (κ2) is 36.9. The highest BCUT2D eigenvalue weighted by Crippen LogP contribution is 2.49. The molecule has 28 atom stereocenters. The number of carbonyl (C=O) groups is 1. The second-order valence-corrected chi connectivity index (χ2v) is 31.2. The number of hydrogen-bond acceptors (Lipinski definition) is 24. The first kappa shape index (κ1) is 81.0. The highest BCUT2D eigenvalue weighted by molar-refractivity contribution is 5.69. The maximum atomic E-state index is 13.4. The average molecular weight is 1540 g/mol. The summed E-state index contributed by atoms with van der Waals surface area (Å²) in [7, 11) is 0. The molecule has 8 saturated heterocycles. The highest BCUT2D eigenvalue weighted by atomic mass is 16.8. The van der Waals surface area contributed by atoms with Crippen LogP contribution in [0.3, 0.4) is 0 Å². The van der Waals surface area contributed by atoms with E-state index < -0.39 is 165 Å². The molecule has 24 heteroatoms. The van der Waals surface area contributed by atoms with Gasteiger partial charge in [-0.05, 0) is 62.4 Å². The van der Waals surface area contributed by atoms with Crippen molar-refractivity contribution in [2.24, 2.45) is 23.7 Å². The first-order valence-electron chi connectivity index (χ1n) is 39.2. The zero-order valence-electron chi connectivity index (χ0n) is 65.2. The Kier molecular flexibility index (Phi) is 27.0. The van der Waals surface area contributed by atoms with Crippen LogP contribution in [-0.4, -0.2) is 185 Å². The molecule has 0 bridgehead atoms. The lowest BCUT2D eigenvalue weighted by atomic mass is 9.89. The van der Waals surface area contributed by atoms with Crippen LogP contribution in [0.4, 0.5) is 0 Å². The topological polar surface area (TPSA) is 244 Å². The van der Waals surface area contributed by atoms with Gasteiger partial charge < -0.3 is 104 Å². The molecule has 8 fully saturated rings. The third-order valence-corrected chi connectivity index (χ3v) is 22.2. The summed E-state index contributed by atoms with van der Waals surface area (Å²) in [6, 6.07) is 59.6. The first-order valence-corrected chi connectivity index (χ1v) is 39.2. The van der Waals surface area contributed by atoms with Gasteiger partial charge in [-0.15, -0.1) is 0 Å². The number of fused-ring (bicyclic) bond motifs is 2. The van der Waals surface area contributed by atoms with Crippen molar-refractivity contribution in [3.05, 3.63) is 215 Å². The van der Waals surface area contributed by atoms with Crippen LogP contribution in [0.2, 0.25) is 0 Å². The van der Waals surface area contributed by atoms with Crippen molar-refractivity contribution >= 4 is 11.9 Å². The molecule has 0 spiro atoms. The van der Waals surface area contributed by atoms with Crippen LogP contribution >= 0.6 is 0 Å². The Morgan fingerprint density at radius 1 is 0.414 bits per heavy atom. The Hall–Kier alpha value is -6.54. The van der Waals surface area contributed by atoms with Crippen molar-refractivity contribution in [2.75, 3.05) is 26.4 Å². The van der Waals surface area contributed by atoms with Gasteiger partial charge in [0.05, 0.1) is 102 Å². The van der Waals surface area contributed by atoms with E-state index in [0.717, 1.165) is 33.4 Å². The number of benzene rings is 6. The maximum absolute atomic E-state index is 13.4. The molecule has 0 radical (unpaired) electrons. The van der Waals surface area contributed by atoms with Gasteiger partial charge in [0, 0.05) is 43.1 Å². The number of carbonyl (C=O) groups excluding carboxylic acids is 1. The fraction of sp³-hybridized carbons (Fsp3) is 0.563. The fourth-order valence-corrected chi connectivity index (χ4v) is 16.2. The molecule has 8 aliphatic heterocycles. The Labute approximate surface area is 651 Å². The molecule has 0 aromatic heterocycles. The van der Waals surface area contributed by atoms with Crippen molar-refractivity contribution in [3.8, 4) is 0 Å². The minimum absolute atomic E-state index is 0.0857. The standard InChI is InChI=1S/C87H109NO23/c1-51-42-95-82(75(94-47-64-38-26-16-27-39-64)67(51)103-85-78-87(50-96-85,49-91-44-61-32-20-13-21-33-61)111-81(108-78)65-40-28-17-29-41-65)105-71-56(6)98-79(107-76-74(72(101-59(9)89)57(7)99-83(76)100-58(8)88)106-84-77-70(52(2)55(5)97-84)109-86(10,11)110-77)54(4)69(71)104-80-53(3)68(92-45-62-34-22-14-23-35-62)73(93-46-63-36-24-15-25-37-63)66(102-80)48-90-43-60-30-18-12-19-31-60/h12-41,51-57,66-85,88H,42-50H2,1-11H3/t51-,52+,53-,54+,55?,56?,57?,66?,67?,68+,69?,70?,71+,72+,73?,74?,75-,76-,77+,78?,79+,80+,81+,82+,83-,84+,85+,87-/m1/s1. The Morgan fingerprint density at radius 3 is 1.49 bits per heavy atom. The third-order valence-electron chi connectivity index (χ3n) is 22.2. The molecule has 10 unspecified atom stereocenters. The lowest BCUT2D eigenvalue weighted by Crippen LogP contribution is -2.66. The summed E-state index contributed by atoms with van der Waals surface area (Å²) in [5.74, 6) is -3.55. The van der Waals surface area contributed by atoms with E-state index in [1.54, 1.807) is 6.92 Å². The van der Waals surface area contributed by atoms with Crippen LogP contribution in [0, 0.1) is 29.1 Å². The smallest absolute Gasteiger partial charge is 0.303 e. The summed E-state index contributed by atoms with van der Waals surface area (Å²) in [6.07, 6.45) is -21.2. The van der Waals surface area contributed by atoms with Gasteiger partial charge in [0.25, 0.3) is 0 Å². The van der Waals surface area contributed by atoms with Gasteiger partial charge in [-0.25, -0.2) is 0 Å². The Bertz CT molecular complexity index is 3860. The SMILES string of the molecule is CC(=N)O[C@H]1OC(C)[C@H](OC(C)=O)C(O[C@@H]2OC(C)[C@H](C)C3OC(C)(C)O[C@@H]32)[C@H]1O[C@@H]1OC(C)[C@H](O[C@@H]2OC[C@@H](C)C(O[C@@H]3OC[C@@]4(COCc5ccccc5)O[C@@H](c5ccccc5)OC34)[C@H]2OCc2ccccc2)C(O[C@@H]2OC(COCc3ccccc3)C(OCc3ccccc3)[C@@H](OCc3ccccc3)[C@H]2C)[C@@H]1C. The van der Waals surface area contributed by atoms with Gasteiger partial charge in [0.2, 0.25) is 6.29 Å². The fourth-order valence-electron chi connectivity index (χ4n) is 16.2. The molecule has 1 N–H and O–H groups in total. The number of ether oxygens (including phenoxy) is 22. The summed E-state index contributed by atoms with van der Waals surface area (Å²) in [5.41, 5.74) is 4.58. The van der Waals surface area contributed by atoms with E-state index in [2.05, 4.69) is 0 Å². The van der Waals surface area contributed by atoms with Gasteiger partial charge in [-0.1, -0.05) is 210 Å². The van der Waals surface area contributed by atoms with Crippen LogP contribution in [-0.2, 0) is 142 Å². The number of esters is 1. The van der Waals surface area contributed by atoms with Crippen LogP contribution < -0.4 is 0 Å². The Balaban J connectivity index is 0.821. The van der Waals surface area contributed by atoms with Gasteiger partial charge in [-0.3, -0.25) is 10.2 Å². The summed E-state index contributed by atoms with van der Waals surface area (Å²) >= 11 is 0. The summed E-state index contributed by atoms with van der Waals surface area (Å²) < 4.78 is 153. The van der Waals surface area contributed by atoms with E-state index in [1.165, 1.54) is 13.8 Å². The van der Waals surface area contributed by atoms with E-state index in [4.69, 9.17) is 110 Å². The van der Waals surface area contributed by atoms with Gasteiger partial charge in [0.1, 0.15) is 48.3 Å². The van der Waals surface area contributed by atoms with E-state index in [9.17, 15) is 4.79 Å². The molecule has 111 heavy (non-hydrogen) atoms. The van der Waals surface area contributed by atoms with E-state index in [0.29, 0.717) is 6.61 Å². The van der Waals surface area contributed by atoms with Crippen molar-refractivity contribution in [1.29, 1.82) is 5.41 Å². The zero-order chi connectivity index (χ0) is 77.3. The third kappa shape index (κ3) is 19.5. The molecule has 0 amide bonds. The molecular weight excluding hydrogens is 1430 g/mol. The summed E-state index contributed by atoms with van der Waals surface area (Å²) in [5, 5.41) is 8.78. The van der Waals surface area contributed by atoms with Crippen LogP contribution in [0.15, 0.2) is 182 Å². The monoisotopic (exact) mass is 1540 g/mol. The van der Waals surface area contributed by atoms with E-state index in [-0.39, 0.29) is 76.7 Å². The highest BCUT2D eigenvalue weighted by Gasteiger charge is 2.63. The van der Waals surface area contributed by atoms with Crippen LogP contribution in [0.5, 0.6) is 0 Å². The van der Waals surface area contributed by atoms with Crippen molar-refractivity contribution in [2.45, 2.75) is 262 Å². The average Bonchev–Trinajstić information content (AvgIpc) is 1.63. The maximum Gasteiger partial charge on any atom is 0.303 e. The number of hydrogen-bond donors (Lipinski definition) is 1. The van der Waals surface area contributed by atoms with E-state index >= 15 is 0 Å². The summed E-state index contributed by atoms with van der Waals surface area (Å²) in [6.45, 7) is 21.9. The van der Waals surface area contributed by atoms with Crippen molar-refractivity contribution < 1.29 is 109 Å². The molecule has 14 rings (SSSR count). The molecule has 0 aliphatic carbocycles. The molecule has 24 nitrogen and oxygen atoms in total. The molecule has 0 saturated carbocycles. The molecule has 600 valence electrons. The van der Waals surface area contributed by atoms with Gasteiger partial charge >= 0.3 is 5.97 Å². The lowest BCUT2D eigenvalue weighted by Gasteiger charge is -2.52.